The topological polar surface area (TPSA) is 24.1 Å². The third-order valence-corrected chi connectivity index (χ3v) is 3.33. The molecule has 2 N–H and O–H groups in total. The molecule has 0 amide bonds. The van der Waals surface area contributed by atoms with Gasteiger partial charge in [0.2, 0.25) is 0 Å². The summed E-state index contributed by atoms with van der Waals surface area (Å²) in [5, 5.41) is 6.58. The van der Waals surface area contributed by atoms with Crippen LogP contribution in [-0.2, 0) is 6.54 Å². The molecule has 0 bridgehead atoms. The van der Waals surface area contributed by atoms with Crippen molar-refractivity contribution < 1.29 is 0 Å². The van der Waals surface area contributed by atoms with Gasteiger partial charge in [0.25, 0.3) is 0 Å². The first-order chi connectivity index (χ1) is 7.25. The molecule has 1 rings (SSSR count). The van der Waals surface area contributed by atoms with Gasteiger partial charge in [-0.3, -0.25) is 0 Å². The van der Waals surface area contributed by atoms with Gasteiger partial charge in [-0.1, -0.05) is 28.1 Å². The molecule has 0 saturated heterocycles. The third-order valence-electron chi connectivity index (χ3n) is 2.48. The summed E-state index contributed by atoms with van der Waals surface area (Å²) in [6.45, 7) is 5.24. The van der Waals surface area contributed by atoms with Crippen molar-refractivity contribution in [3.05, 3.63) is 33.8 Å². The molecule has 0 aliphatic rings. The van der Waals surface area contributed by atoms with Crippen LogP contribution in [0.25, 0.3) is 0 Å². The largest absolute Gasteiger partial charge is 0.320 e. The minimum atomic E-state index is 0.953. The van der Waals surface area contributed by atoms with Crippen LogP contribution in [0.4, 0.5) is 0 Å². The molecule has 0 unspecified atom stereocenters. The summed E-state index contributed by atoms with van der Waals surface area (Å²) in [4.78, 5) is 0. The zero-order valence-electron chi connectivity index (χ0n) is 9.44. The summed E-state index contributed by atoms with van der Waals surface area (Å²) < 4.78 is 1.19. The first kappa shape index (κ1) is 12.7. The Kier molecular flexibility index (Phi) is 5.91. The molecule has 0 radical (unpaired) electrons. The summed E-state index contributed by atoms with van der Waals surface area (Å²) in [6.07, 6.45) is 1.17. The van der Waals surface area contributed by atoms with Crippen LogP contribution in [0.3, 0.4) is 0 Å². The Morgan fingerprint density at radius 2 is 2.07 bits per heavy atom. The maximum Gasteiger partial charge on any atom is 0.0208 e. The van der Waals surface area contributed by atoms with Crippen LogP contribution < -0.4 is 10.6 Å². The van der Waals surface area contributed by atoms with Gasteiger partial charge in [0.15, 0.2) is 0 Å². The Balaban J connectivity index is 2.34. The summed E-state index contributed by atoms with van der Waals surface area (Å²) >= 11 is 3.54. The lowest BCUT2D eigenvalue weighted by Gasteiger charge is -2.08. The lowest BCUT2D eigenvalue weighted by atomic mass is 10.1. The van der Waals surface area contributed by atoms with Gasteiger partial charge in [0.05, 0.1) is 0 Å². The fraction of sp³-hybridized carbons (Fsp3) is 0.500. The van der Waals surface area contributed by atoms with E-state index in [1.165, 1.54) is 22.0 Å². The highest BCUT2D eigenvalue weighted by atomic mass is 79.9. The Morgan fingerprint density at radius 3 is 2.80 bits per heavy atom. The fourth-order valence-electron chi connectivity index (χ4n) is 1.46. The van der Waals surface area contributed by atoms with E-state index in [0.29, 0.717) is 0 Å². The highest BCUT2D eigenvalue weighted by Crippen LogP contribution is 2.18. The van der Waals surface area contributed by atoms with E-state index in [-0.39, 0.29) is 0 Å². The molecular formula is C12H19BrN2. The normalized spacial score (nSPS) is 10.6. The van der Waals surface area contributed by atoms with Gasteiger partial charge < -0.3 is 10.6 Å². The van der Waals surface area contributed by atoms with Crippen LogP contribution in [0.2, 0.25) is 0 Å². The van der Waals surface area contributed by atoms with Crippen molar-refractivity contribution in [2.24, 2.45) is 0 Å². The van der Waals surface area contributed by atoms with Crippen molar-refractivity contribution in [3.63, 3.8) is 0 Å². The van der Waals surface area contributed by atoms with Crippen molar-refractivity contribution in [1.82, 2.24) is 10.6 Å². The summed E-state index contributed by atoms with van der Waals surface area (Å²) in [5.74, 6) is 0. The molecule has 0 aromatic heterocycles. The SMILES string of the molecule is CNCCCNCc1cccc(Br)c1C. The molecule has 84 valence electrons. The van der Waals surface area contributed by atoms with Crippen LogP contribution in [0.1, 0.15) is 17.5 Å². The standard InChI is InChI=1S/C12H19BrN2/c1-10-11(5-3-6-12(10)13)9-15-8-4-7-14-2/h3,5-6,14-15H,4,7-9H2,1-2H3. The molecule has 0 atom stereocenters. The van der Waals surface area contributed by atoms with Gasteiger partial charge in [-0.25, -0.2) is 0 Å². The van der Waals surface area contributed by atoms with Crippen LogP contribution in [-0.4, -0.2) is 20.1 Å². The second kappa shape index (κ2) is 6.99. The third kappa shape index (κ3) is 4.33. The van der Waals surface area contributed by atoms with Crippen molar-refractivity contribution >= 4 is 15.9 Å². The van der Waals surface area contributed by atoms with E-state index in [0.717, 1.165) is 19.6 Å². The first-order valence-corrected chi connectivity index (χ1v) is 6.14. The number of halogens is 1. The van der Waals surface area contributed by atoms with Crippen molar-refractivity contribution in [3.8, 4) is 0 Å². The van der Waals surface area contributed by atoms with E-state index >= 15 is 0 Å². The molecule has 0 saturated carbocycles. The van der Waals surface area contributed by atoms with Crippen molar-refractivity contribution in [2.45, 2.75) is 19.9 Å². The highest BCUT2D eigenvalue weighted by molar-refractivity contribution is 9.10. The number of hydrogen-bond donors (Lipinski definition) is 2. The van der Waals surface area contributed by atoms with E-state index in [9.17, 15) is 0 Å². The Morgan fingerprint density at radius 1 is 1.27 bits per heavy atom. The average molecular weight is 271 g/mol. The molecule has 0 aliphatic heterocycles. The number of nitrogens with one attached hydrogen (secondary N) is 2. The number of benzene rings is 1. The Hall–Kier alpha value is -0.380. The molecule has 0 fully saturated rings. The molecule has 15 heavy (non-hydrogen) atoms. The van der Waals surface area contributed by atoms with Gasteiger partial charge >= 0.3 is 0 Å². The lowest BCUT2D eigenvalue weighted by Crippen LogP contribution is -2.19. The minimum absolute atomic E-state index is 0.953. The molecule has 1 aromatic rings. The maximum absolute atomic E-state index is 3.54. The molecule has 0 aliphatic carbocycles. The summed E-state index contributed by atoms with van der Waals surface area (Å²) in [6, 6.07) is 6.34. The maximum atomic E-state index is 3.54. The van der Waals surface area contributed by atoms with Gasteiger partial charge in [-0.15, -0.1) is 0 Å². The van der Waals surface area contributed by atoms with Crippen molar-refractivity contribution in [1.29, 1.82) is 0 Å². The van der Waals surface area contributed by atoms with E-state index in [1.54, 1.807) is 0 Å². The van der Waals surface area contributed by atoms with Crippen LogP contribution in [0, 0.1) is 6.92 Å². The summed E-state index contributed by atoms with van der Waals surface area (Å²) in [7, 11) is 1.98. The molecule has 1 aromatic carbocycles. The van der Waals surface area contributed by atoms with E-state index in [4.69, 9.17) is 0 Å². The van der Waals surface area contributed by atoms with Crippen LogP contribution in [0.15, 0.2) is 22.7 Å². The Labute approximate surface area is 101 Å². The van der Waals surface area contributed by atoms with Gasteiger partial charge in [0, 0.05) is 11.0 Å². The van der Waals surface area contributed by atoms with Crippen molar-refractivity contribution in [2.75, 3.05) is 20.1 Å². The molecule has 3 heteroatoms. The lowest BCUT2D eigenvalue weighted by molar-refractivity contribution is 0.624. The molecular weight excluding hydrogens is 252 g/mol. The molecule has 0 heterocycles. The quantitative estimate of drug-likeness (QED) is 0.777. The zero-order valence-corrected chi connectivity index (χ0v) is 11.0. The Bertz CT molecular complexity index is 300. The van der Waals surface area contributed by atoms with Crippen LogP contribution in [0.5, 0.6) is 0 Å². The minimum Gasteiger partial charge on any atom is -0.320 e. The van der Waals surface area contributed by atoms with Gasteiger partial charge in [0.1, 0.15) is 0 Å². The molecule has 0 spiro atoms. The fourth-order valence-corrected chi connectivity index (χ4v) is 1.86. The number of hydrogen-bond acceptors (Lipinski definition) is 2. The highest BCUT2D eigenvalue weighted by Gasteiger charge is 2.00. The second-order valence-electron chi connectivity index (χ2n) is 3.66. The van der Waals surface area contributed by atoms with E-state index < -0.39 is 0 Å². The predicted molar refractivity (Wildman–Crippen MR) is 69.1 cm³/mol. The second-order valence-corrected chi connectivity index (χ2v) is 4.51. The predicted octanol–water partition coefficient (Wildman–Crippen LogP) is 2.46. The van der Waals surface area contributed by atoms with E-state index in [2.05, 4.69) is 51.7 Å². The average Bonchev–Trinajstić information content (AvgIpc) is 2.24. The van der Waals surface area contributed by atoms with Gasteiger partial charge in [-0.2, -0.15) is 0 Å². The first-order valence-electron chi connectivity index (χ1n) is 5.35. The monoisotopic (exact) mass is 270 g/mol. The molecule has 2 nitrogen and oxygen atoms in total. The van der Waals surface area contributed by atoms with E-state index in [1.807, 2.05) is 7.05 Å². The smallest absolute Gasteiger partial charge is 0.0208 e. The van der Waals surface area contributed by atoms with Crippen LogP contribution >= 0.6 is 15.9 Å². The zero-order chi connectivity index (χ0) is 11.1. The summed E-state index contributed by atoms with van der Waals surface area (Å²) in [5.41, 5.74) is 2.70. The number of rotatable bonds is 6. The van der Waals surface area contributed by atoms with Gasteiger partial charge in [-0.05, 0) is 50.7 Å².